The number of nitrogens with one attached hydrogen (secondary N) is 2. The SMILES string of the molecule is CCOc1ccc(NC(C)C(=O)Nc2cccc3ccccc23)cc1. The smallest absolute Gasteiger partial charge is 0.246 e. The highest BCUT2D eigenvalue weighted by Crippen LogP contribution is 2.23. The zero-order valence-electron chi connectivity index (χ0n) is 14.5. The number of ether oxygens (including phenoxy) is 1. The fourth-order valence-electron chi connectivity index (χ4n) is 2.70. The quantitative estimate of drug-likeness (QED) is 0.688. The molecule has 3 rings (SSSR count). The Balaban J connectivity index is 1.68. The molecule has 1 unspecified atom stereocenters. The van der Waals surface area contributed by atoms with Crippen molar-refractivity contribution in [2.75, 3.05) is 17.2 Å². The number of amides is 1. The molecule has 0 aliphatic rings. The summed E-state index contributed by atoms with van der Waals surface area (Å²) >= 11 is 0. The normalized spacial score (nSPS) is 11.8. The third-order valence-electron chi connectivity index (χ3n) is 3.99. The summed E-state index contributed by atoms with van der Waals surface area (Å²) < 4.78 is 5.43. The molecular weight excluding hydrogens is 312 g/mol. The Morgan fingerprint density at radius 2 is 1.72 bits per heavy atom. The molecule has 25 heavy (non-hydrogen) atoms. The van der Waals surface area contributed by atoms with Crippen molar-refractivity contribution in [3.05, 3.63) is 66.7 Å². The molecule has 2 N–H and O–H groups in total. The van der Waals surface area contributed by atoms with Crippen molar-refractivity contribution >= 4 is 28.1 Å². The first-order valence-electron chi connectivity index (χ1n) is 8.45. The first-order valence-corrected chi connectivity index (χ1v) is 8.45. The zero-order chi connectivity index (χ0) is 17.6. The van der Waals surface area contributed by atoms with E-state index in [1.165, 1.54) is 0 Å². The van der Waals surface area contributed by atoms with Crippen LogP contribution in [0.1, 0.15) is 13.8 Å². The number of hydrogen-bond donors (Lipinski definition) is 2. The molecule has 0 radical (unpaired) electrons. The van der Waals surface area contributed by atoms with E-state index in [-0.39, 0.29) is 11.9 Å². The van der Waals surface area contributed by atoms with Gasteiger partial charge >= 0.3 is 0 Å². The second-order valence-corrected chi connectivity index (χ2v) is 5.84. The maximum atomic E-state index is 12.5. The summed E-state index contributed by atoms with van der Waals surface area (Å²) in [5, 5.41) is 8.36. The van der Waals surface area contributed by atoms with Gasteiger partial charge in [0.1, 0.15) is 11.8 Å². The zero-order valence-corrected chi connectivity index (χ0v) is 14.5. The monoisotopic (exact) mass is 334 g/mol. The largest absolute Gasteiger partial charge is 0.494 e. The second-order valence-electron chi connectivity index (χ2n) is 5.84. The highest BCUT2D eigenvalue weighted by Gasteiger charge is 2.14. The second kappa shape index (κ2) is 7.71. The molecule has 1 amide bonds. The lowest BCUT2D eigenvalue weighted by Gasteiger charge is -2.16. The molecule has 0 bridgehead atoms. The number of hydrogen-bond acceptors (Lipinski definition) is 3. The summed E-state index contributed by atoms with van der Waals surface area (Å²) in [5.41, 5.74) is 1.70. The lowest BCUT2D eigenvalue weighted by Crippen LogP contribution is -2.31. The van der Waals surface area contributed by atoms with Gasteiger partial charge in [0, 0.05) is 16.8 Å². The molecule has 3 aromatic rings. The van der Waals surface area contributed by atoms with E-state index in [9.17, 15) is 4.79 Å². The van der Waals surface area contributed by atoms with Gasteiger partial charge in [0.05, 0.1) is 6.61 Å². The predicted molar refractivity (Wildman–Crippen MR) is 103 cm³/mol. The van der Waals surface area contributed by atoms with Crippen LogP contribution in [0.25, 0.3) is 10.8 Å². The van der Waals surface area contributed by atoms with Crippen molar-refractivity contribution in [2.24, 2.45) is 0 Å². The van der Waals surface area contributed by atoms with Crippen LogP contribution in [-0.2, 0) is 4.79 Å². The number of carbonyl (C=O) groups excluding carboxylic acids is 1. The third-order valence-corrected chi connectivity index (χ3v) is 3.99. The fourth-order valence-corrected chi connectivity index (χ4v) is 2.70. The Morgan fingerprint density at radius 1 is 1.00 bits per heavy atom. The van der Waals surface area contributed by atoms with Crippen LogP contribution in [0.2, 0.25) is 0 Å². The van der Waals surface area contributed by atoms with Crippen molar-refractivity contribution in [1.82, 2.24) is 0 Å². The van der Waals surface area contributed by atoms with E-state index in [1.807, 2.05) is 80.6 Å². The summed E-state index contributed by atoms with van der Waals surface area (Å²) in [7, 11) is 0. The van der Waals surface area contributed by atoms with Crippen molar-refractivity contribution in [2.45, 2.75) is 19.9 Å². The molecule has 4 heteroatoms. The van der Waals surface area contributed by atoms with Gasteiger partial charge in [-0.3, -0.25) is 4.79 Å². The van der Waals surface area contributed by atoms with Crippen LogP contribution < -0.4 is 15.4 Å². The van der Waals surface area contributed by atoms with E-state index in [2.05, 4.69) is 10.6 Å². The van der Waals surface area contributed by atoms with E-state index in [0.717, 1.165) is 27.9 Å². The van der Waals surface area contributed by atoms with Crippen LogP contribution in [0.4, 0.5) is 11.4 Å². The summed E-state index contributed by atoms with van der Waals surface area (Å²) in [6, 6.07) is 21.1. The van der Waals surface area contributed by atoms with Crippen molar-refractivity contribution in [3.8, 4) is 5.75 Å². The summed E-state index contributed by atoms with van der Waals surface area (Å²) in [4.78, 5) is 12.5. The molecule has 0 aliphatic heterocycles. The van der Waals surface area contributed by atoms with E-state index >= 15 is 0 Å². The molecule has 0 saturated heterocycles. The van der Waals surface area contributed by atoms with Crippen LogP contribution in [0.3, 0.4) is 0 Å². The Labute approximate surface area is 147 Å². The van der Waals surface area contributed by atoms with E-state index in [1.54, 1.807) is 0 Å². The Hall–Kier alpha value is -3.01. The molecule has 3 aromatic carbocycles. The average molecular weight is 334 g/mol. The highest BCUT2D eigenvalue weighted by molar-refractivity contribution is 6.04. The molecule has 0 aliphatic carbocycles. The van der Waals surface area contributed by atoms with Crippen molar-refractivity contribution in [1.29, 1.82) is 0 Å². The Bertz CT molecular complexity index is 854. The number of anilines is 2. The van der Waals surface area contributed by atoms with Gasteiger partial charge < -0.3 is 15.4 Å². The first-order chi connectivity index (χ1) is 12.2. The lowest BCUT2D eigenvalue weighted by atomic mass is 10.1. The maximum Gasteiger partial charge on any atom is 0.246 e. The molecule has 1 atom stereocenters. The summed E-state index contributed by atoms with van der Waals surface area (Å²) in [6.07, 6.45) is 0. The Morgan fingerprint density at radius 3 is 2.48 bits per heavy atom. The average Bonchev–Trinajstić information content (AvgIpc) is 2.64. The topological polar surface area (TPSA) is 50.4 Å². The van der Waals surface area contributed by atoms with Crippen molar-refractivity contribution in [3.63, 3.8) is 0 Å². The summed E-state index contributed by atoms with van der Waals surface area (Å²) in [6.45, 7) is 4.43. The molecule has 0 fully saturated rings. The van der Waals surface area contributed by atoms with Gasteiger partial charge in [-0.25, -0.2) is 0 Å². The van der Waals surface area contributed by atoms with E-state index < -0.39 is 0 Å². The van der Waals surface area contributed by atoms with Gasteiger partial charge in [-0.05, 0) is 49.6 Å². The molecular formula is C21H22N2O2. The molecule has 4 nitrogen and oxygen atoms in total. The van der Waals surface area contributed by atoms with Gasteiger partial charge in [0.25, 0.3) is 0 Å². The molecule has 0 heterocycles. The van der Waals surface area contributed by atoms with Gasteiger partial charge in [0.15, 0.2) is 0 Å². The van der Waals surface area contributed by atoms with Crippen LogP contribution >= 0.6 is 0 Å². The van der Waals surface area contributed by atoms with Gasteiger partial charge in [-0.2, -0.15) is 0 Å². The molecule has 0 saturated carbocycles. The lowest BCUT2D eigenvalue weighted by molar-refractivity contribution is -0.116. The molecule has 128 valence electrons. The minimum atomic E-state index is -0.364. The van der Waals surface area contributed by atoms with Gasteiger partial charge in [0.2, 0.25) is 5.91 Å². The maximum absolute atomic E-state index is 12.5. The predicted octanol–water partition coefficient (Wildman–Crippen LogP) is 4.68. The van der Waals surface area contributed by atoms with Gasteiger partial charge in [-0.1, -0.05) is 36.4 Å². The molecule has 0 aromatic heterocycles. The number of carbonyl (C=O) groups is 1. The molecule has 0 spiro atoms. The minimum Gasteiger partial charge on any atom is -0.494 e. The van der Waals surface area contributed by atoms with Crippen LogP contribution in [-0.4, -0.2) is 18.6 Å². The van der Waals surface area contributed by atoms with E-state index in [4.69, 9.17) is 4.74 Å². The standard InChI is InChI=1S/C21H22N2O2/c1-3-25-18-13-11-17(12-14-18)22-15(2)21(24)23-20-10-6-8-16-7-4-5-9-19(16)20/h4-15,22H,3H2,1-2H3,(H,23,24). The number of rotatable bonds is 6. The van der Waals surface area contributed by atoms with Crippen molar-refractivity contribution < 1.29 is 9.53 Å². The number of benzene rings is 3. The third kappa shape index (κ3) is 4.10. The fraction of sp³-hybridized carbons (Fsp3) is 0.190. The highest BCUT2D eigenvalue weighted by atomic mass is 16.5. The van der Waals surface area contributed by atoms with Crippen LogP contribution in [0.5, 0.6) is 5.75 Å². The van der Waals surface area contributed by atoms with Crippen LogP contribution in [0.15, 0.2) is 66.7 Å². The Kier molecular flexibility index (Phi) is 5.19. The first kappa shape index (κ1) is 16.8. The van der Waals surface area contributed by atoms with Crippen LogP contribution in [0, 0.1) is 0 Å². The minimum absolute atomic E-state index is 0.0785. The van der Waals surface area contributed by atoms with E-state index in [0.29, 0.717) is 6.61 Å². The number of fused-ring (bicyclic) bond motifs is 1. The van der Waals surface area contributed by atoms with Gasteiger partial charge in [-0.15, -0.1) is 0 Å². The summed E-state index contributed by atoms with van der Waals surface area (Å²) in [5.74, 6) is 0.742.